The largest absolute Gasteiger partial charge is 0.497 e. The van der Waals surface area contributed by atoms with Gasteiger partial charge in [0.25, 0.3) is 21.6 Å². The number of carbonyl (C=O) groups is 1. The topological polar surface area (TPSA) is 128 Å². The van der Waals surface area contributed by atoms with Gasteiger partial charge in [-0.3, -0.25) is 19.6 Å². The number of carbonyl (C=O) groups excluding carboxylic acids is 1. The second-order valence-corrected chi connectivity index (χ2v) is 6.50. The number of ether oxygens (including phenoxy) is 1. The van der Waals surface area contributed by atoms with Crippen molar-refractivity contribution in [3.63, 3.8) is 0 Å². The van der Waals surface area contributed by atoms with Crippen LogP contribution in [0.3, 0.4) is 0 Å². The van der Waals surface area contributed by atoms with Crippen LogP contribution in [0.2, 0.25) is 0 Å². The van der Waals surface area contributed by atoms with Crippen LogP contribution >= 0.6 is 0 Å². The molecular weight excluding hydrogens is 350 g/mol. The molecule has 0 aromatic heterocycles. The molecule has 25 heavy (non-hydrogen) atoms. The lowest BCUT2D eigenvalue weighted by Crippen LogP contribution is -2.18. The Morgan fingerprint density at radius 3 is 2.32 bits per heavy atom. The molecule has 1 amide bonds. The first kappa shape index (κ1) is 18.2. The summed E-state index contributed by atoms with van der Waals surface area (Å²) in [5, 5.41) is 13.6. The van der Waals surface area contributed by atoms with Crippen molar-refractivity contribution in [2.24, 2.45) is 0 Å². The second-order valence-electron chi connectivity index (χ2n) is 4.85. The minimum atomic E-state index is -4.20. The Balaban J connectivity index is 2.36. The number of sulfonamides is 1. The maximum absolute atomic E-state index is 12.5. The summed E-state index contributed by atoms with van der Waals surface area (Å²) in [7, 11) is -1.41. The van der Waals surface area contributed by atoms with Crippen molar-refractivity contribution in [1.82, 2.24) is 5.32 Å². The highest BCUT2D eigenvalue weighted by molar-refractivity contribution is 7.92. The van der Waals surface area contributed by atoms with Crippen LogP contribution in [0.1, 0.15) is 10.4 Å². The van der Waals surface area contributed by atoms with Gasteiger partial charge in [0.05, 0.1) is 18.1 Å². The number of nitrogens with zero attached hydrogens (tertiary/aromatic N) is 1. The van der Waals surface area contributed by atoms with E-state index in [-0.39, 0.29) is 17.3 Å². The van der Waals surface area contributed by atoms with Gasteiger partial charge in [-0.05, 0) is 36.4 Å². The van der Waals surface area contributed by atoms with Crippen LogP contribution < -0.4 is 14.8 Å². The molecule has 0 bridgehead atoms. The summed E-state index contributed by atoms with van der Waals surface area (Å²) in [4.78, 5) is 21.3. The molecule has 0 aliphatic carbocycles. The first-order valence-electron chi connectivity index (χ1n) is 6.96. The summed E-state index contributed by atoms with van der Waals surface area (Å²) in [5.41, 5.74) is -0.0903. The van der Waals surface area contributed by atoms with Crippen molar-refractivity contribution in [2.75, 3.05) is 18.9 Å². The molecule has 2 aromatic carbocycles. The summed E-state index contributed by atoms with van der Waals surface area (Å²) < 4.78 is 32.1. The molecule has 0 aliphatic heterocycles. The molecular formula is C15H15N3O6S. The maximum Gasteiger partial charge on any atom is 0.293 e. The Hall–Kier alpha value is -3.14. The van der Waals surface area contributed by atoms with E-state index in [1.54, 1.807) is 0 Å². The van der Waals surface area contributed by atoms with E-state index in [0.717, 1.165) is 12.1 Å². The summed E-state index contributed by atoms with van der Waals surface area (Å²) in [6.07, 6.45) is 0. The fraction of sp³-hybridized carbons (Fsp3) is 0.133. The van der Waals surface area contributed by atoms with Gasteiger partial charge < -0.3 is 10.1 Å². The van der Waals surface area contributed by atoms with E-state index in [1.807, 2.05) is 0 Å². The van der Waals surface area contributed by atoms with Gasteiger partial charge in [-0.1, -0.05) is 0 Å². The molecule has 0 fully saturated rings. The summed E-state index contributed by atoms with van der Waals surface area (Å²) >= 11 is 0. The number of nitro benzene ring substituents is 1. The van der Waals surface area contributed by atoms with E-state index in [1.165, 1.54) is 44.5 Å². The van der Waals surface area contributed by atoms with Crippen LogP contribution in [-0.2, 0) is 10.0 Å². The zero-order valence-corrected chi connectivity index (χ0v) is 14.2. The number of amides is 1. The molecule has 0 saturated carbocycles. The Morgan fingerprint density at radius 1 is 1.16 bits per heavy atom. The van der Waals surface area contributed by atoms with Crippen LogP contribution in [0.25, 0.3) is 0 Å². The van der Waals surface area contributed by atoms with Gasteiger partial charge in [0.2, 0.25) is 0 Å². The fourth-order valence-corrected chi connectivity index (χ4v) is 3.25. The summed E-state index contributed by atoms with van der Waals surface area (Å²) in [6, 6.07) is 9.07. The number of benzene rings is 2. The van der Waals surface area contributed by atoms with Crippen molar-refractivity contribution in [1.29, 1.82) is 0 Å². The number of nitrogens with one attached hydrogen (secondary N) is 2. The standard InChI is InChI=1S/C15H15N3O6S/c1-16-15(19)10-3-5-11(6-4-10)17-25(22,23)14-8-7-12(24-2)9-13(14)18(20)21/h3-9,17H,1-2H3,(H,16,19). The molecule has 132 valence electrons. The van der Waals surface area contributed by atoms with Crippen molar-refractivity contribution in [3.05, 3.63) is 58.1 Å². The number of rotatable bonds is 6. The third-order valence-electron chi connectivity index (χ3n) is 3.28. The lowest BCUT2D eigenvalue weighted by atomic mass is 10.2. The van der Waals surface area contributed by atoms with Gasteiger partial charge in [-0.15, -0.1) is 0 Å². The zero-order valence-electron chi connectivity index (χ0n) is 13.3. The van der Waals surface area contributed by atoms with Crippen molar-refractivity contribution >= 4 is 27.3 Å². The Bertz CT molecular complexity index is 909. The molecule has 9 nitrogen and oxygen atoms in total. The van der Waals surface area contributed by atoms with E-state index in [4.69, 9.17) is 4.74 Å². The van der Waals surface area contributed by atoms with E-state index >= 15 is 0 Å². The second kappa shape index (κ2) is 7.18. The van der Waals surface area contributed by atoms with Gasteiger partial charge in [-0.25, -0.2) is 8.42 Å². The molecule has 0 aliphatic rings. The molecule has 10 heteroatoms. The van der Waals surface area contributed by atoms with Gasteiger partial charge in [-0.2, -0.15) is 0 Å². The summed E-state index contributed by atoms with van der Waals surface area (Å²) in [6.45, 7) is 0. The third kappa shape index (κ3) is 4.04. The van der Waals surface area contributed by atoms with Crippen molar-refractivity contribution < 1.29 is 22.9 Å². The Morgan fingerprint density at radius 2 is 1.80 bits per heavy atom. The van der Waals surface area contributed by atoms with E-state index < -0.39 is 25.5 Å². The lowest BCUT2D eigenvalue weighted by Gasteiger charge is -2.10. The number of methoxy groups -OCH3 is 1. The highest BCUT2D eigenvalue weighted by Gasteiger charge is 2.26. The van der Waals surface area contributed by atoms with E-state index in [2.05, 4.69) is 10.0 Å². The van der Waals surface area contributed by atoms with E-state index in [0.29, 0.717) is 5.56 Å². The minimum absolute atomic E-state index is 0.165. The number of hydrogen-bond acceptors (Lipinski definition) is 6. The number of hydrogen-bond donors (Lipinski definition) is 2. The highest BCUT2D eigenvalue weighted by atomic mass is 32.2. The minimum Gasteiger partial charge on any atom is -0.497 e. The predicted octanol–water partition coefficient (Wildman–Crippen LogP) is 1.76. The van der Waals surface area contributed by atoms with Gasteiger partial charge in [0.15, 0.2) is 4.90 Å². The molecule has 0 saturated heterocycles. The number of anilines is 1. The first-order chi connectivity index (χ1) is 11.8. The van der Waals surface area contributed by atoms with Crippen molar-refractivity contribution in [2.45, 2.75) is 4.90 Å². The smallest absolute Gasteiger partial charge is 0.293 e. The SMILES string of the molecule is CNC(=O)c1ccc(NS(=O)(=O)c2ccc(OC)cc2[N+](=O)[O-])cc1. The molecule has 0 spiro atoms. The van der Waals surface area contributed by atoms with Gasteiger partial charge in [0, 0.05) is 18.3 Å². The van der Waals surface area contributed by atoms with Crippen molar-refractivity contribution in [3.8, 4) is 5.75 Å². The average molecular weight is 365 g/mol. The monoisotopic (exact) mass is 365 g/mol. The Kier molecular flexibility index (Phi) is 5.22. The average Bonchev–Trinajstić information content (AvgIpc) is 2.60. The predicted molar refractivity (Wildman–Crippen MR) is 90.3 cm³/mol. The van der Waals surface area contributed by atoms with Crippen LogP contribution in [0, 0.1) is 10.1 Å². The van der Waals surface area contributed by atoms with Crippen LogP contribution in [-0.4, -0.2) is 33.4 Å². The molecule has 2 N–H and O–H groups in total. The maximum atomic E-state index is 12.5. The quantitative estimate of drug-likeness (QED) is 0.593. The molecule has 2 aromatic rings. The van der Waals surface area contributed by atoms with E-state index in [9.17, 15) is 23.3 Å². The fourth-order valence-electron chi connectivity index (χ4n) is 2.04. The summed E-state index contributed by atoms with van der Waals surface area (Å²) in [5.74, 6) is -0.152. The molecule has 0 unspecified atom stereocenters. The normalized spacial score (nSPS) is 10.8. The third-order valence-corrected chi connectivity index (χ3v) is 4.71. The van der Waals surface area contributed by atoms with Crippen LogP contribution in [0.5, 0.6) is 5.75 Å². The molecule has 0 heterocycles. The van der Waals surface area contributed by atoms with Crippen LogP contribution in [0.4, 0.5) is 11.4 Å². The van der Waals surface area contributed by atoms with Gasteiger partial charge in [0.1, 0.15) is 5.75 Å². The zero-order chi connectivity index (χ0) is 18.6. The lowest BCUT2D eigenvalue weighted by molar-refractivity contribution is -0.387. The molecule has 0 atom stereocenters. The molecule has 0 radical (unpaired) electrons. The first-order valence-corrected chi connectivity index (χ1v) is 8.44. The molecule has 2 rings (SSSR count). The highest BCUT2D eigenvalue weighted by Crippen LogP contribution is 2.29. The number of nitro groups is 1. The van der Waals surface area contributed by atoms with Crippen LogP contribution in [0.15, 0.2) is 47.4 Å². The van der Waals surface area contributed by atoms with Gasteiger partial charge >= 0.3 is 0 Å². The Labute approximate surface area is 143 Å².